The zero-order valence-electron chi connectivity index (χ0n) is 6.14. The third-order valence-electron chi connectivity index (χ3n) is 1.13. The van der Waals surface area contributed by atoms with Crippen LogP contribution in [0.3, 0.4) is 0 Å². The summed E-state index contributed by atoms with van der Waals surface area (Å²) in [6, 6.07) is -4.90. The lowest BCUT2D eigenvalue weighted by molar-refractivity contribution is -0.122. The summed E-state index contributed by atoms with van der Waals surface area (Å²) in [6.45, 7) is -1.90. The molecule has 0 aromatic carbocycles. The first-order valence-electron chi connectivity index (χ1n) is 2.77. The number of urea groups is 1. The quantitative estimate of drug-likeness (QED) is 0.564. The van der Waals surface area contributed by atoms with Gasteiger partial charge in [0.05, 0.1) is 0 Å². The number of carbonyl (C=O) groups is 1. The first kappa shape index (κ1) is 10.1. The standard InChI is InChI=1S/C5H8F3N2O/c1-9-4(11)10(2)5(7,8)3-6/h3H2,1-2H3. The van der Waals surface area contributed by atoms with Crippen molar-refractivity contribution in [2.75, 3.05) is 20.8 Å². The predicted molar refractivity (Wildman–Crippen MR) is 32.1 cm³/mol. The summed E-state index contributed by atoms with van der Waals surface area (Å²) in [5.41, 5.74) is 0. The summed E-state index contributed by atoms with van der Waals surface area (Å²) in [7, 11) is 1.85. The van der Waals surface area contributed by atoms with E-state index in [0.717, 1.165) is 14.1 Å². The first-order chi connectivity index (χ1) is 4.95. The Bertz CT molecular complexity index is 151. The zero-order chi connectivity index (χ0) is 9.07. The molecule has 3 nitrogen and oxygen atoms in total. The minimum absolute atomic E-state index is 0.0486. The summed E-state index contributed by atoms with van der Waals surface area (Å²) in [6.07, 6.45) is 0. The molecule has 6 heteroatoms. The molecule has 1 radical (unpaired) electrons. The van der Waals surface area contributed by atoms with Gasteiger partial charge in [-0.2, -0.15) is 8.78 Å². The van der Waals surface area contributed by atoms with E-state index in [-0.39, 0.29) is 4.90 Å². The fraction of sp³-hybridized carbons (Fsp3) is 0.800. The highest BCUT2D eigenvalue weighted by Crippen LogP contribution is 2.17. The van der Waals surface area contributed by atoms with E-state index < -0.39 is 18.8 Å². The zero-order valence-corrected chi connectivity index (χ0v) is 6.14. The van der Waals surface area contributed by atoms with Crippen LogP contribution < -0.4 is 5.32 Å². The topological polar surface area (TPSA) is 34.4 Å². The van der Waals surface area contributed by atoms with Crippen molar-refractivity contribution in [3.05, 3.63) is 0 Å². The Kier molecular flexibility index (Phi) is 3.16. The normalized spacial score (nSPS) is 11.0. The van der Waals surface area contributed by atoms with Gasteiger partial charge in [0.15, 0.2) is 6.67 Å². The molecule has 0 aliphatic carbocycles. The Morgan fingerprint density at radius 1 is 1.64 bits per heavy atom. The number of halogens is 3. The van der Waals surface area contributed by atoms with Crippen LogP contribution in [0.1, 0.15) is 0 Å². The molecule has 0 aliphatic rings. The molecule has 2 amide bonds. The van der Waals surface area contributed by atoms with Crippen LogP contribution in [-0.2, 0) is 0 Å². The van der Waals surface area contributed by atoms with Gasteiger partial charge < -0.3 is 0 Å². The summed E-state index contributed by atoms with van der Waals surface area (Å²) in [5, 5.41) is 2.94. The molecule has 0 fully saturated rings. The molecule has 0 unspecified atom stereocenters. The van der Waals surface area contributed by atoms with Crippen LogP contribution in [0.5, 0.6) is 0 Å². The summed E-state index contributed by atoms with van der Waals surface area (Å²) >= 11 is 0. The van der Waals surface area contributed by atoms with Crippen molar-refractivity contribution in [3.8, 4) is 0 Å². The molecule has 0 aliphatic heterocycles. The predicted octanol–water partition coefficient (Wildman–Crippen LogP) is 0.835. The molecule has 0 bridgehead atoms. The molecule has 0 spiro atoms. The van der Waals surface area contributed by atoms with E-state index in [0.29, 0.717) is 0 Å². The van der Waals surface area contributed by atoms with Crippen LogP contribution in [0.4, 0.5) is 18.0 Å². The highest BCUT2D eigenvalue weighted by molar-refractivity contribution is 5.73. The fourth-order valence-corrected chi connectivity index (χ4v) is 0.380. The molecular weight excluding hydrogens is 161 g/mol. The molecular formula is C5H8F3N2O. The van der Waals surface area contributed by atoms with Crippen LogP contribution >= 0.6 is 0 Å². The van der Waals surface area contributed by atoms with E-state index in [1.807, 2.05) is 0 Å². The monoisotopic (exact) mass is 169 g/mol. The third kappa shape index (κ3) is 2.28. The van der Waals surface area contributed by atoms with Crippen molar-refractivity contribution < 1.29 is 18.0 Å². The van der Waals surface area contributed by atoms with Gasteiger partial charge in [-0.1, -0.05) is 0 Å². The van der Waals surface area contributed by atoms with Gasteiger partial charge in [-0.15, -0.1) is 0 Å². The second-order valence-electron chi connectivity index (χ2n) is 1.86. The lowest BCUT2D eigenvalue weighted by Crippen LogP contribution is -2.46. The van der Waals surface area contributed by atoms with Crippen LogP contribution in [0.2, 0.25) is 0 Å². The van der Waals surface area contributed by atoms with Gasteiger partial charge in [-0.25, -0.2) is 14.5 Å². The van der Waals surface area contributed by atoms with Gasteiger partial charge in [0.25, 0.3) is 0 Å². The minimum Gasteiger partial charge on any atom is -0.265 e. The van der Waals surface area contributed by atoms with Gasteiger partial charge in [-0.05, 0) is 0 Å². The van der Waals surface area contributed by atoms with E-state index >= 15 is 0 Å². The molecule has 0 aromatic rings. The number of carbonyl (C=O) groups excluding carboxylic acids is 1. The number of hydrogen-bond donors (Lipinski definition) is 0. The van der Waals surface area contributed by atoms with E-state index in [1.54, 1.807) is 0 Å². The summed E-state index contributed by atoms with van der Waals surface area (Å²) < 4.78 is 36.0. The Balaban J connectivity index is 4.22. The third-order valence-corrected chi connectivity index (χ3v) is 1.13. The molecule has 65 valence electrons. The van der Waals surface area contributed by atoms with E-state index in [4.69, 9.17) is 0 Å². The van der Waals surface area contributed by atoms with Crippen LogP contribution in [0.15, 0.2) is 0 Å². The van der Waals surface area contributed by atoms with Crippen molar-refractivity contribution >= 4 is 6.03 Å². The van der Waals surface area contributed by atoms with E-state index in [9.17, 15) is 18.0 Å². The number of rotatable bonds is 2. The number of hydrogen-bond acceptors (Lipinski definition) is 1. The van der Waals surface area contributed by atoms with Crippen LogP contribution in [-0.4, -0.2) is 37.7 Å². The smallest absolute Gasteiger partial charge is 0.265 e. The first-order valence-corrected chi connectivity index (χ1v) is 2.77. The molecule has 11 heavy (non-hydrogen) atoms. The number of nitrogens with zero attached hydrogens (tertiary/aromatic N) is 2. The van der Waals surface area contributed by atoms with Crippen molar-refractivity contribution in [1.82, 2.24) is 10.2 Å². The highest BCUT2D eigenvalue weighted by atomic mass is 19.3. The largest absolute Gasteiger partial charge is 0.357 e. The molecule has 0 atom stereocenters. The Morgan fingerprint density at radius 3 is 2.36 bits per heavy atom. The maximum Gasteiger partial charge on any atom is 0.357 e. The van der Waals surface area contributed by atoms with Gasteiger partial charge >= 0.3 is 12.1 Å². The van der Waals surface area contributed by atoms with Crippen LogP contribution in [0.25, 0.3) is 0 Å². The maximum atomic E-state index is 12.3. The summed E-state index contributed by atoms with van der Waals surface area (Å²) in [5.74, 6) is 0. The van der Waals surface area contributed by atoms with Crippen molar-refractivity contribution in [1.29, 1.82) is 0 Å². The Morgan fingerprint density at radius 2 is 2.09 bits per heavy atom. The SMILES string of the molecule is C[N]C(=O)N(C)C(F)(F)CF. The lowest BCUT2D eigenvalue weighted by Gasteiger charge is -2.23. The molecule has 0 heterocycles. The van der Waals surface area contributed by atoms with E-state index in [1.165, 1.54) is 0 Å². The molecule has 0 saturated heterocycles. The van der Waals surface area contributed by atoms with Crippen molar-refractivity contribution in [2.24, 2.45) is 0 Å². The average molecular weight is 169 g/mol. The van der Waals surface area contributed by atoms with Gasteiger partial charge in [0, 0.05) is 14.1 Å². The Labute approximate surface area is 62.2 Å². The van der Waals surface area contributed by atoms with Crippen molar-refractivity contribution in [3.63, 3.8) is 0 Å². The van der Waals surface area contributed by atoms with Gasteiger partial charge in [0.2, 0.25) is 0 Å². The fourth-order valence-electron chi connectivity index (χ4n) is 0.380. The van der Waals surface area contributed by atoms with E-state index in [2.05, 4.69) is 5.32 Å². The minimum atomic E-state index is -3.75. The molecule has 0 N–H and O–H groups in total. The summed E-state index contributed by atoms with van der Waals surface area (Å²) in [4.78, 5) is 10.4. The number of alkyl halides is 3. The van der Waals surface area contributed by atoms with Crippen LogP contribution in [0, 0.1) is 0 Å². The molecule has 0 aromatic heterocycles. The average Bonchev–Trinajstić information content (AvgIpc) is 2.01. The molecule has 0 saturated carbocycles. The second kappa shape index (κ2) is 3.45. The highest BCUT2D eigenvalue weighted by Gasteiger charge is 2.37. The molecule has 0 rings (SSSR count). The second-order valence-corrected chi connectivity index (χ2v) is 1.86. The van der Waals surface area contributed by atoms with Gasteiger partial charge in [-0.3, -0.25) is 4.90 Å². The maximum absolute atomic E-state index is 12.3. The van der Waals surface area contributed by atoms with Gasteiger partial charge in [0.1, 0.15) is 0 Å². The number of amides is 2. The van der Waals surface area contributed by atoms with Crippen molar-refractivity contribution in [2.45, 2.75) is 6.05 Å². The Hall–Kier alpha value is -0.940. The lowest BCUT2D eigenvalue weighted by atomic mass is 10.5.